The van der Waals surface area contributed by atoms with Gasteiger partial charge in [-0.3, -0.25) is 9.59 Å². The maximum atomic E-state index is 12.1. The summed E-state index contributed by atoms with van der Waals surface area (Å²) in [6.45, 7) is 5.27. The molecule has 0 spiro atoms. The van der Waals surface area contributed by atoms with Crippen molar-refractivity contribution in [1.29, 1.82) is 0 Å². The first-order chi connectivity index (χ1) is 11.4. The number of amides is 1. The lowest BCUT2D eigenvalue weighted by Crippen LogP contribution is -2.21. The van der Waals surface area contributed by atoms with E-state index in [-0.39, 0.29) is 18.3 Å². The van der Waals surface area contributed by atoms with Crippen LogP contribution in [0.2, 0.25) is 0 Å². The van der Waals surface area contributed by atoms with Gasteiger partial charge in [-0.15, -0.1) is 0 Å². The predicted molar refractivity (Wildman–Crippen MR) is 93.0 cm³/mol. The third-order valence-electron chi connectivity index (χ3n) is 3.81. The second-order valence-corrected chi connectivity index (χ2v) is 5.51. The minimum absolute atomic E-state index is 0.0625. The summed E-state index contributed by atoms with van der Waals surface area (Å²) in [6, 6.07) is 10.6. The largest absolute Gasteiger partial charge is 0.493 e. The molecule has 0 aliphatic heterocycles. The highest BCUT2D eigenvalue weighted by atomic mass is 16.5. The highest BCUT2D eigenvalue weighted by molar-refractivity contribution is 5.95. The van der Waals surface area contributed by atoms with Crippen molar-refractivity contribution in [3.05, 3.63) is 53.1 Å². The number of hydrogen-bond donors (Lipinski definition) is 1. The molecular weight excluding hydrogens is 306 g/mol. The molecule has 5 nitrogen and oxygen atoms in total. The van der Waals surface area contributed by atoms with Crippen LogP contribution >= 0.6 is 0 Å². The van der Waals surface area contributed by atoms with Crippen LogP contribution in [-0.4, -0.2) is 25.4 Å². The Morgan fingerprint density at radius 2 is 1.83 bits per heavy atom. The molecule has 0 fully saturated rings. The fourth-order valence-corrected chi connectivity index (χ4v) is 2.22. The van der Waals surface area contributed by atoms with Gasteiger partial charge < -0.3 is 14.8 Å². The first-order valence-corrected chi connectivity index (χ1v) is 7.60. The summed E-state index contributed by atoms with van der Waals surface area (Å²) >= 11 is 0. The molecule has 2 aromatic carbocycles. The number of carbonyl (C=O) groups is 2. The molecule has 0 atom stereocenters. The summed E-state index contributed by atoms with van der Waals surface area (Å²) < 4.78 is 10.7. The molecule has 0 radical (unpaired) electrons. The monoisotopic (exact) mass is 327 g/mol. The van der Waals surface area contributed by atoms with Crippen LogP contribution in [0.3, 0.4) is 0 Å². The molecule has 126 valence electrons. The standard InChI is InChI=1S/C19H21NO4/c1-12-6-5-7-16(13(12)2)20-19(22)11-24-17-9-8-15(14(3)21)10-18(17)23-4/h5-10H,11H2,1-4H3,(H,20,22). The van der Waals surface area contributed by atoms with E-state index in [0.29, 0.717) is 17.1 Å². The summed E-state index contributed by atoms with van der Waals surface area (Å²) in [5, 5.41) is 2.83. The molecule has 1 amide bonds. The van der Waals surface area contributed by atoms with Gasteiger partial charge in [0, 0.05) is 11.3 Å². The lowest BCUT2D eigenvalue weighted by molar-refractivity contribution is -0.118. The van der Waals surface area contributed by atoms with Crippen LogP contribution in [0.15, 0.2) is 36.4 Å². The van der Waals surface area contributed by atoms with Gasteiger partial charge >= 0.3 is 0 Å². The van der Waals surface area contributed by atoms with Gasteiger partial charge in [0.05, 0.1) is 7.11 Å². The molecule has 1 N–H and O–H groups in total. The summed E-state index contributed by atoms with van der Waals surface area (Å²) in [5.41, 5.74) is 3.42. The molecule has 5 heteroatoms. The van der Waals surface area contributed by atoms with Crippen molar-refractivity contribution in [2.75, 3.05) is 19.0 Å². The number of nitrogens with one attached hydrogen (secondary N) is 1. The highest BCUT2D eigenvalue weighted by Gasteiger charge is 2.11. The van der Waals surface area contributed by atoms with E-state index in [9.17, 15) is 9.59 Å². The van der Waals surface area contributed by atoms with Crippen LogP contribution < -0.4 is 14.8 Å². The molecule has 0 aliphatic carbocycles. The Hall–Kier alpha value is -2.82. The maximum absolute atomic E-state index is 12.1. The molecule has 0 aliphatic rings. The Kier molecular flexibility index (Phi) is 5.58. The fourth-order valence-electron chi connectivity index (χ4n) is 2.22. The van der Waals surface area contributed by atoms with Crippen molar-refractivity contribution in [1.82, 2.24) is 0 Å². The summed E-state index contributed by atoms with van der Waals surface area (Å²) in [7, 11) is 1.49. The summed E-state index contributed by atoms with van der Waals surface area (Å²) in [4.78, 5) is 23.5. The van der Waals surface area contributed by atoms with Gasteiger partial charge in [-0.1, -0.05) is 12.1 Å². The number of hydrogen-bond acceptors (Lipinski definition) is 4. The third-order valence-corrected chi connectivity index (χ3v) is 3.81. The van der Waals surface area contributed by atoms with Crippen LogP contribution in [0.25, 0.3) is 0 Å². The minimum atomic E-state index is -0.263. The Morgan fingerprint density at radius 3 is 2.50 bits per heavy atom. The smallest absolute Gasteiger partial charge is 0.262 e. The zero-order chi connectivity index (χ0) is 17.7. The Balaban J connectivity index is 2.04. The number of Topliss-reactive ketones (excluding diaryl/α,β-unsaturated/α-hetero) is 1. The van der Waals surface area contributed by atoms with Gasteiger partial charge in [-0.05, 0) is 56.2 Å². The molecule has 2 rings (SSSR count). The van der Waals surface area contributed by atoms with Crippen molar-refractivity contribution in [3.8, 4) is 11.5 Å². The van der Waals surface area contributed by atoms with Crippen LogP contribution in [0, 0.1) is 13.8 Å². The van der Waals surface area contributed by atoms with Gasteiger partial charge in [0.2, 0.25) is 0 Å². The van der Waals surface area contributed by atoms with Gasteiger partial charge in [0.25, 0.3) is 5.91 Å². The second kappa shape index (κ2) is 7.64. The average Bonchev–Trinajstić information content (AvgIpc) is 2.56. The van der Waals surface area contributed by atoms with E-state index in [1.54, 1.807) is 18.2 Å². The topological polar surface area (TPSA) is 64.6 Å². The quantitative estimate of drug-likeness (QED) is 0.824. The summed E-state index contributed by atoms with van der Waals surface area (Å²) in [5.74, 6) is 0.509. The van der Waals surface area contributed by atoms with E-state index in [4.69, 9.17) is 9.47 Å². The van der Waals surface area contributed by atoms with Crippen LogP contribution in [0.5, 0.6) is 11.5 Å². The van der Waals surface area contributed by atoms with E-state index < -0.39 is 0 Å². The average molecular weight is 327 g/mol. The van der Waals surface area contributed by atoms with Crippen molar-refractivity contribution in [2.45, 2.75) is 20.8 Å². The molecule has 0 bridgehead atoms. The SMILES string of the molecule is COc1cc(C(C)=O)ccc1OCC(=O)Nc1cccc(C)c1C. The van der Waals surface area contributed by atoms with Crippen molar-refractivity contribution < 1.29 is 19.1 Å². The van der Waals surface area contributed by atoms with Crippen LogP contribution in [0.4, 0.5) is 5.69 Å². The normalized spacial score (nSPS) is 10.2. The maximum Gasteiger partial charge on any atom is 0.262 e. The lowest BCUT2D eigenvalue weighted by atomic mass is 10.1. The second-order valence-electron chi connectivity index (χ2n) is 5.51. The molecule has 24 heavy (non-hydrogen) atoms. The first kappa shape index (κ1) is 17.5. The molecular formula is C19H21NO4. The third kappa shape index (κ3) is 4.13. The van der Waals surface area contributed by atoms with Gasteiger partial charge in [-0.25, -0.2) is 0 Å². The number of aryl methyl sites for hydroxylation is 1. The Morgan fingerprint density at radius 1 is 1.08 bits per heavy atom. The molecule has 2 aromatic rings. The van der Waals surface area contributed by atoms with Crippen molar-refractivity contribution in [2.24, 2.45) is 0 Å². The predicted octanol–water partition coefficient (Wildman–Crippen LogP) is 3.53. The van der Waals surface area contributed by atoms with Gasteiger partial charge in [-0.2, -0.15) is 0 Å². The molecule has 0 saturated carbocycles. The summed E-state index contributed by atoms with van der Waals surface area (Å²) in [6.07, 6.45) is 0. The van der Waals surface area contributed by atoms with Crippen LogP contribution in [0.1, 0.15) is 28.4 Å². The molecule has 0 heterocycles. The number of anilines is 1. The fraction of sp³-hybridized carbons (Fsp3) is 0.263. The molecule has 0 aromatic heterocycles. The molecule has 0 saturated heterocycles. The highest BCUT2D eigenvalue weighted by Crippen LogP contribution is 2.28. The van der Waals surface area contributed by atoms with E-state index in [0.717, 1.165) is 16.8 Å². The lowest BCUT2D eigenvalue weighted by Gasteiger charge is -2.13. The minimum Gasteiger partial charge on any atom is -0.493 e. The Bertz CT molecular complexity index is 768. The van der Waals surface area contributed by atoms with Crippen LogP contribution in [-0.2, 0) is 4.79 Å². The van der Waals surface area contributed by atoms with E-state index in [2.05, 4.69) is 5.32 Å². The number of rotatable bonds is 6. The zero-order valence-electron chi connectivity index (χ0n) is 14.3. The van der Waals surface area contributed by atoms with Gasteiger partial charge in [0.15, 0.2) is 23.9 Å². The van der Waals surface area contributed by atoms with Crippen molar-refractivity contribution in [3.63, 3.8) is 0 Å². The van der Waals surface area contributed by atoms with Gasteiger partial charge in [0.1, 0.15) is 0 Å². The number of carbonyl (C=O) groups excluding carboxylic acids is 2. The number of ether oxygens (including phenoxy) is 2. The zero-order valence-corrected chi connectivity index (χ0v) is 14.3. The number of ketones is 1. The van der Waals surface area contributed by atoms with E-state index in [1.165, 1.54) is 14.0 Å². The Labute approximate surface area is 141 Å². The molecule has 0 unspecified atom stereocenters. The van der Waals surface area contributed by atoms with Crippen molar-refractivity contribution >= 4 is 17.4 Å². The first-order valence-electron chi connectivity index (χ1n) is 7.60. The number of benzene rings is 2. The number of methoxy groups -OCH3 is 1. The van der Waals surface area contributed by atoms with E-state index in [1.807, 2.05) is 32.0 Å². The van der Waals surface area contributed by atoms with E-state index >= 15 is 0 Å².